The molecule has 2 aliphatic rings. The van der Waals surface area contributed by atoms with Crippen LogP contribution in [0.25, 0.3) is 0 Å². The van der Waals surface area contributed by atoms with Gasteiger partial charge in [0.1, 0.15) is 5.75 Å². The number of likely N-dealkylation sites (tertiary alicyclic amines) is 1. The van der Waals surface area contributed by atoms with Crippen molar-refractivity contribution in [1.82, 2.24) is 4.90 Å². The summed E-state index contributed by atoms with van der Waals surface area (Å²) in [6.07, 6.45) is 1.45. The van der Waals surface area contributed by atoms with Crippen LogP contribution in [0.5, 0.6) is 5.75 Å². The fraction of sp³-hybridized carbons (Fsp3) is 0.333. The number of anilines is 2. The molecule has 0 aromatic heterocycles. The number of carbonyl (C=O) groups is 2. The van der Waals surface area contributed by atoms with E-state index in [1.54, 1.807) is 24.3 Å². The lowest BCUT2D eigenvalue weighted by atomic mass is 10.1. The van der Waals surface area contributed by atoms with Gasteiger partial charge in [-0.15, -0.1) is 0 Å². The number of amides is 2. The van der Waals surface area contributed by atoms with Gasteiger partial charge in [-0.25, -0.2) is 0 Å². The zero-order valence-corrected chi connectivity index (χ0v) is 16.2. The van der Waals surface area contributed by atoms with Gasteiger partial charge in [-0.05, 0) is 43.2 Å². The second kappa shape index (κ2) is 8.10. The molecule has 0 aliphatic carbocycles. The molecule has 1 fully saturated rings. The Labute approximate surface area is 169 Å². The first-order valence-corrected chi connectivity index (χ1v) is 9.83. The Bertz CT molecular complexity index is 883. The summed E-state index contributed by atoms with van der Waals surface area (Å²) in [6, 6.07) is 14.5. The van der Waals surface area contributed by atoms with E-state index in [2.05, 4.69) is 5.32 Å². The van der Waals surface area contributed by atoms with Crippen LogP contribution in [-0.4, -0.2) is 49.0 Å². The number of para-hydroxylation sites is 2. The normalized spacial score (nSPS) is 18.4. The summed E-state index contributed by atoms with van der Waals surface area (Å²) in [5.74, 6) is 0.445. The average molecular weight is 400 g/mol. The first kappa shape index (κ1) is 18.6. The molecule has 0 bridgehead atoms. The van der Waals surface area contributed by atoms with E-state index in [-0.39, 0.29) is 18.4 Å². The highest BCUT2D eigenvalue weighted by Gasteiger charge is 2.34. The molecule has 4 rings (SSSR count). The maximum atomic E-state index is 12.8. The lowest BCUT2D eigenvalue weighted by molar-refractivity contribution is -0.137. The SMILES string of the molecule is O=C(CN1CC(C(=O)N2CCCC2)Oc2ccccc21)Nc1cccc(Cl)c1. The lowest BCUT2D eigenvalue weighted by Crippen LogP contribution is -2.51. The number of halogens is 1. The third-order valence-electron chi connectivity index (χ3n) is 5.00. The van der Waals surface area contributed by atoms with Gasteiger partial charge in [0, 0.05) is 23.8 Å². The molecule has 6 nitrogen and oxygen atoms in total. The van der Waals surface area contributed by atoms with E-state index in [4.69, 9.17) is 16.3 Å². The molecular weight excluding hydrogens is 378 g/mol. The van der Waals surface area contributed by atoms with E-state index in [1.165, 1.54) is 0 Å². The number of rotatable bonds is 4. The van der Waals surface area contributed by atoms with Crippen LogP contribution in [0.15, 0.2) is 48.5 Å². The number of nitrogens with zero attached hydrogens (tertiary/aromatic N) is 2. The van der Waals surface area contributed by atoms with Gasteiger partial charge < -0.3 is 19.9 Å². The summed E-state index contributed by atoms with van der Waals surface area (Å²) in [5.41, 5.74) is 1.46. The fourth-order valence-corrected chi connectivity index (χ4v) is 3.86. The predicted molar refractivity (Wildman–Crippen MR) is 109 cm³/mol. The summed E-state index contributed by atoms with van der Waals surface area (Å²) in [7, 11) is 0. The standard InChI is InChI=1S/C21H22ClN3O3/c22-15-6-5-7-16(12-15)23-20(26)14-25-13-19(21(27)24-10-3-4-11-24)28-18-9-2-1-8-17(18)25/h1-2,5-9,12,19H,3-4,10-11,13-14H2,(H,23,26). The van der Waals surface area contributed by atoms with Crippen LogP contribution in [0.3, 0.4) is 0 Å². The molecule has 146 valence electrons. The van der Waals surface area contributed by atoms with E-state index >= 15 is 0 Å². The second-order valence-corrected chi connectivity index (χ2v) is 7.48. The molecule has 1 N–H and O–H groups in total. The Morgan fingerprint density at radius 2 is 1.89 bits per heavy atom. The Hall–Kier alpha value is -2.73. The number of carbonyl (C=O) groups excluding carboxylic acids is 2. The van der Waals surface area contributed by atoms with Crippen molar-refractivity contribution in [1.29, 1.82) is 0 Å². The van der Waals surface area contributed by atoms with Gasteiger partial charge in [0.2, 0.25) is 5.91 Å². The average Bonchev–Trinajstić information content (AvgIpc) is 3.22. The van der Waals surface area contributed by atoms with Crippen molar-refractivity contribution < 1.29 is 14.3 Å². The minimum absolute atomic E-state index is 0.00717. The van der Waals surface area contributed by atoms with Crippen LogP contribution in [0, 0.1) is 0 Å². The van der Waals surface area contributed by atoms with Gasteiger partial charge in [0.05, 0.1) is 18.8 Å². The van der Waals surface area contributed by atoms with E-state index < -0.39 is 6.10 Å². The molecule has 1 atom stereocenters. The van der Waals surface area contributed by atoms with Crippen molar-refractivity contribution >= 4 is 34.8 Å². The highest BCUT2D eigenvalue weighted by atomic mass is 35.5. The molecule has 2 amide bonds. The summed E-state index contributed by atoms with van der Waals surface area (Å²) >= 11 is 5.98. The molecule has 2 aromatic rings. The van der Waals surface area contributed by atoms with Gasteiger partial charge in [0.25, 0.3) is 5.91 Å². The van der Waals surface area contributed by atoms with Crippen LogP contribution in [-0.2, 0) is 9.59 Å². The molecule has 0 saturated carbocycles. The largest absolute Gasteiger partial charge is 0.477 e. The van der Waals surface area contributed by atoms with Crippen molar-refractivity contribution in [3.05, 3.63) is 53.6 Å². The van der Waals surface area contributed by atoms with Crippen molar-refractivity contribution in [2.24, 2.45) is 0 Å². The van der Waals surface area contributed by atoms with Crippen LogP contribution in [0.4, 0.5) is 11.4 Å². The number of hydrogen-bond acceptors (Lipinski definition) is 4. The van der Waals surface area contributed by atoms with Crippen molar-refractivity contribution in [2.45, 2.75) is 18.9 Å². The van der Waals surface area contributed by atoms with Crippen molar-refractivity contribution in [3.8, 4) is 5.75 Å². The minimum Gasteiger partial charge on any atom is -0.477 e. The van der Waals surface area contributed by atoms with Gasteiger partial charge in [-0.3, -0.25) is 9.59 Å². The van der Waals surface area contributed by atoms with Gasteiger partial charge >= 0.3 is 0 Å². The molecule has 2 aliphatic heterocycles. The van der Waals surface area contributed by atoms with E-state index in [0.29, 0.717) is 23.0 Å². The molecule has 28 heavy (non-hydrogen) atoms. The van der Waals surface area contributed by atoms with Gasteiger partial charge in [-0.1, -0.05) is 29.8 Å². The molecule has 1 saturated heterocycles. The van der Waals surface area contributed by atoms with Crippen LogP contribution >= 0.6 is 11.6 Å². The molecule has 0 spiro atoms. The predicted octanol–water partition coefficient (Wildman–Crippen LogP) is 3.17. The molecule has 2 aromatic carbocycles. The molecule has 7 heteroatoms. The van der Waals surface area contributed by atoms with Gasteiger partial charge in [-0.2, -0.15) is 0 Å². The lowest BCUT2D eigenvalue weighted by Gasteiger charge is -2.36. The molecule has 2 heterocycles. The molecule has 1 unspecified atom stereocenters. The number of fused-ring (bicyclic) bond motifs is 1. The highest BCUT2D eigenvalue weighted by Crippen LogP contribution is 2.33. The first-order chi connectivity index (χ1) is 13.6. The van der Waals surface area contributed by atoms with E-state index in [9.17, 15) is 9.59 Å². The zero-order valence-electron chi connectivity index (χ0n) is 15.4. The summed E-state index contributed by atoms with van der Waals surface area (Å²) in [4.78, 5) is 29.2. The number of hydrogen-bond donors (Lipinski definition) is 1. The second-order valence-electron chi connectivity index (χ2n) is 7.05. The Morgan fingerprint density at radius 1 is 1.11 bits per heavy atom. The smallest absolute Gasteiger partial charge is 0.265 e. The molecular formula is C21H22ClN3O3. The third kappa shape index (κ3) is 4.07. The summed E-state index contributed by atoms with van der Waals surface area (Å²) < 4.78 is 5.97. The Balaban J connectivity index is 1.49. The first-order valence-electron chi connectivity index (χ1n) is 9.45. The molecule has 0 radical (unpaired) electrons. The third-order valence-corrected chi connectivity index (χ3v) is 5.23. The van der Waals surface area contributed by atoms with Crippen molar-refractivity contribution in [2.75, 3.05) is 36.4 Å². The van der Waals surface area contributed by atoms with Crippen LogP contribution in [0.2, 0.25) is 5.02 Å². The minimum atomic E-state index is -0.605. The Kier molecular flexibility index (Phi) is 5.39. The van der Waals surface area contributed by atoms with Crippen molar-refractivity contribution in [3.63, 3.8) is 0 Å². The van der Waals surface area contributed by atoms with Crippen LogP contribution < -0.4 is 15.0 Å². The fourth-order valence-electron chi connectivity index (χ4n) is 3.67. The van der Waals surface area contributed by atoms with Crippen LogP contribution in [0.1, 0.15) is 12.8 Å². The maximum Gasteiger partial charge on any atom is 0.265 e. The number of benzene rings is 2. The monoisotopic (exact) mass is 399 g/mol. The summed E-state index contributed by atoms with van der Waals surface area (Å²) in [5, 5.41) is 3.42. The highest BCUT2D eigenvalue weighted by molar-refractivity contribution is 6.30. The van der Waals surface area contributed by atoms with Gasteiger partial charge in [0.15, 0.2) is 6.10 Å². The van der Waals surface area contributed by atoms with E-state index in [1.807, 2.05) is 34.1 Å². The topological polar surface area (TPSA) is 61.9 Å². The maximum absolute atomic E-state index is 12.8. The zero-order chi connectivity index (χ0) is 19.5. The van der Waals surface area contributed by atoms with E-state index in [0.717, 1.165) is 31.6 Å². The number of nitrogens with one attached hydrogen (secondary N) is 1. The Morgan fingerprint density at radius 3 is 2.68 bits per heavy atom. The quantitative estimate of drug-likeness (QED) is 0.857. The number of ether oxygens (including phenoxy) is 1. The summed E-state index contributed by atoms with van der Waals surface area (Å²) in [6.45, 7) is 2.01.